The number of hydrogen-bond donors (Lipinski definition) is 1. The van der Waals surface area contributed by atoms with Gasteiger partial charge in [0.05, 0.1) is 11.6 Å². The number of carbonyl (C=O) groups is 2. The summed E-state index contributed by atoms with van der Waals surface area (Å²) in [6.07, 6.45) is -2.84. The average Bonchev–Trinajstić information content (AvgIpc) is 3.41. The summed E-state index contributed by atoms with van der Waals surface area (Å²) in [5, 5.41) is 10.7. The summed E-state index contributed by atoms with van der Waals surface area (Å²) < 4.78 is 43.5. The molecule has 1 atom stereocenters. The monoisotopic (exact) mass is 462 g/mol. The molecular formula is C25H17F3N4O2. The molecule has 0 spiro atoms. The van der Waals surface area contributed by atoms with Crippen molar-refractivity contribution in [2.75, 3.05) is 0 Å². The van der Waals surface area contributed by atoms with Crippen molar-refractivity contribution in [3.05, 3.63) is 94.8 Å². The van der Waals surface area contributed by atoms with E-state index in [1.165, 1.54) is 6.07 Å². The van der Waals surface area contributed by atoms with Crippen molar-refractivity contribution in [1.29, 1.82) is 0 Å². The Labute approximate surface area is 192 Å². The summed E-state index contributed by atoms with van der Waals surface area (Å²) in [5.41, 5.74) is 1.33. The molecule has 1 aliphatic heterocycles. The number of aldehydes is 1. The maximum absolute atomic E-state index is 13.9. The highest BCUT2D eigenvalue weighted by Crippen LogP contribution is 2.42. The summed E-state index contributed by atoms with van der Waals surface area (Å²) >= 11 is 0. The van der Waals surface area contributed by atoms with Gasteiger partial charge in [-0.15, -0.1) is 10.2 Å². The molecule has 1 N–H and O–H groups in total. The van der Waals surface area contributed by atoms with E-state index < -0.39 is 23.7 Å². The van der Waals surface area contributed by atoms with Crippen LogP contribution < -0.4 is 5.32 Å². The molecule has 1 aromatic heterocycles. The summed E-state index contributed by atoms with van der Waals surface area (Å²) in [6, 6.07) is 15.5. The second-order valence-corrected chi connectivity index (χ2v) is 7.99. The highest BCUT2D eigenvalue weighted by Gasteiger charge is 2.42. The van der Waals surface area contributed by atoms with Gasteiger partial charge in [0, 0.05) is 29.3 Å². The van der Waals surface area contributed by atoms with Crippen LogP contribution in [0.25, 0.3) is 22.5 Å². The van der Waals surface area contributed by atoms with Gasteiger partial charge in [0.1, 0.15) is 12.6 Å². The minimum Gasteiger partial charge on any atom is -0.341 e. The predicted octanol–water partition coefficient (Wildman–Crippen LogP) is 4.81. The summed E-state index contributed by atoms with van der Waals surface area (Å²) in [7, 11) is 1.82. The van der Waals surface area contributed by atoms with Gasteiger partial charge < -0.3 is 9.88 Å². The van der Waals surface area contributed by atoms with E-state index in [0.29, 0.717) is 17.7 Å². The predicted molar refractivity (Wildman–Crippen MR) is 118 cm³/mol. The fourth-order valence-corrected chi connectivity index (χ4v) is 4.35. The molecule has 0 saturated carbocycles. The molecule has 0 bridgehead atoms. The smallest absolute Gasteiger partial charge is 0.341 e. The molecule has 0 saturated heterocycles. The zero-order chi connectivity index (χ0) is 24.0. The fraction of sp³-hybridized carbons (Fsp3) is 0.120. The van der Waals surface area contributed by atoms with E-state index in [-0.39, 0.29) is 16.7 Å². The van der Waals surface area contributed by atoms with Crippen molar-refractivity contribution in [3.8, 4) is 22.5 Å². The van der Waals surface area contributed by atoms with E-state index in [2.05, 4.69) is 15.5 Å². The van der Waals surface area contributed by atoms with E-state index in [0.717, 1.165) is 22.8 Å². The zero-order valence-corrected chi connectivity index (χ0v) is 17.8. The van der Waals surface area contributed by atoms with E-state index in [1.54, 1.807) is 29.1 Å². The molecular weight excluding hydrogens is 445 g/mol. The molecule has 1 unspecified atom stereocenters. The fourth-order valence-electron chi connectivity index (χ4n) is 4.35. The molecule has 9 heteroatoms. The van der Waals surface area contributed by atoms with Crippen molar-refractivity contribution in [2.24, 2.45) is 7.05 Å². The zero-order valence-electron chi connectivity index (χ0n) is 17.8. The largest absolute Gasteiger partial charge is 0.416 e. The van der Waals surface area contributed by atoms with Crippen LogP contribution in [0.1, 0.15) is 43.4 Å². The van der Waals surface area contributed by atoms with Crippen LogP contribution >= 0.6 is 0 Å². The SMILES string of the molecule is Cn1cnnc1-c1ccccc1-c1cccc(C2NC(=O)c3cc(C=O)cc(C(F)(F)F)c32)c1. The Hall–Kier alpha value is -4.27. The van der Waals surface area contributed by atoms with Gasteiger partial charge >= 0.3 is 6.18 Å². The number of aryl methyl sites for hydroxylation is 1. The van der Waals surface area contributed by atoms with E-state index in [9.17, 15) is 22.8 Å². The van der Waals surface area contributed by atoms with Crippen molar-refractivity contribution < 1.29 is 22.8 Å². The van der Waals surface area contributed by atoms with E-state index in [1.807, 2.05) is 37.4 Å². The number of nitrogens with zero attached hydrogens (tertiary/aromatic N) is 3. The van der Waals surface area contributed by atoms with Crippen LogP contribution in [0.4, 0.5) is 13.2 Å². The summed E-state index contributed by atoms with van der Waals surface area (Å²) in [6.45, 7) is 0. The quantitative estimate of drug-likeness (QED) is 0.442. The van der Waals surface area contributed by atoms with Crippen molar-refractivity contribution in [1.82, 2.24) is 20.1 Å². The Balaban J connectivity index is 1.65. The third kappa shape index (κ3) is 3.55. The lowest BCUT2D eigenvalue weighted by atomic mass is 9.90. The molecule has 6 nitrogen and oxygen atoms in total. The Morgan fingerprint density at radius 3 is 2.44 bits per heavy atom. The van der Waals surface area contributed by atoms with Gasteiger partial charge in [0.15, 0.2) is 5.82 Å². The van der Waals surface area contributed by atoms with Gasteiger partial charge in [-0.05, 0) is 34.9 Å². The third-order valence-corrected chi connectivity index (χ3v) is 5.86. The lowest BCUT2D eigenvalue weighted by Crippen LogP contribution is -2.21. The molecule has 5 rings (SSSR count). The molecule has 3 aromatic carbocycles. The lowest BCUT2D eigenvalue weighted by Gasteiger charge is -2.19. The first-order valence-electron chi connectivity index (χ1n) is 10.3. The highest BCUT2D eigenvalue weighted by atomic mass is 19.4. The van der Waals surface area contributed by atoms with Crippen LogP contribution in [0.5, 0.6) is 0 Å². The summed E-state index contributed by atoms with van der Waals surface area (Å²) in [5.74, 6) is -0.0136. The van der Waals surface area contributed by atoms with Gasteiger partial charge in [-0.1, -0.05) is 42.5 Å². The number of aromatic nitrogens is 3. The molecule has 0 radical (unpaired) electrons. The number of nitrogens with one attached hydrogen (secondary N) is 1. The highest BCUT2D eigenvalue weighted by molar-refractivity contribution is 6.01. The molecule has 2 heterocycles. The number of carbonyl (C=O) groups excluding carboxylic acids is 2. The topological polar surface area (TPSA) is 76.9 Å². The van der Waals surface area contributed by atoms with E-state index in [4.69, 9.17) is 0 Å². The first-order chi connectivity index (χ1) is 16.3. The van der Waals surface area contributed by atoms with Crippen LogP contribution in [0, 0.1) is 0 Å². The molecule has 1 amide bonds. The number of rotatable bonds is 4. The third-order valence-electron chi connectivity index (χ3n) is 5.86. The van der Waals surface area contributed by atoms with Crippen LogP contribution in [-0.2, 0) is 13.2 Å². The van der Waals surface area contributed by atoms with Gasteiger partial charge in [-0.3, -0.25) is 9.59 Å². The van der Waals surface area contributed by atoms with Crippen LogP contribution in [0.2, 0.25) is 0 Å². The minimum atomic E-state index is -4.73. The first kappa shape index (κ1) is 21.6. The van der Waals surface area contributed by atoms with Gasteiger partial charge in [-0.25, -0.2) is 0 Å². The molecule has 4 aromatic rings. The lowest BCUT2D eigenvalue weighted by molar-refractivity contribution is -0.138. The Kier molecular flexibility index (Phi) is 5.04. The maximum Gasteiger partial charge on any atom is 0.416 e. The number of amides is 1. The number of benzene rings is 3. The van der Waals surface area contributed by atoms with Crippen molar-refractivity contribution in [2.45, 2.75) is 12.2 Å². The van der Waals surface area contributed by atoms with Crippen LogP contribution in [0.3, 0.4) is 0 Å². The maximum atomic E-state index is 13.9. The second-order valence-electron chi connectivity index (χ2n) is 7.99. The number of fused-ring (bicyclic) bond motifs is 1. The number of hydrogen-bond acceptors (Lipinski definition) is 4. The first-order valence-corrected chi connectivity index (χ1v) is 10.3. The van der Waals surface area contributed by atoms with Crippen molar-refractivity contribution in [3.63, 3.8) is 0 Å². The van der Waals surface area contributed by atoms with E-state index >= 15 is 0 Å². The molecule has 1 aliphatic rings. The van der Waals surface area contributed by atoms with Gasteiger partial charge in [0.2, 0.25) is 0 Å². The Morgan fingerprint density at radius 2 is 1.76 bits per heavy atom. The number of halogens is 3. The number of alkyl halides is 3. The average molecular weight is 462 g/mol. The van der Waals surface area contributed by atoms with Crippen molar-refractivity contribution >= 4 is 12.2 Å². The standard InChI is InChI=1S/C25H17F3N4O2/c1-32-13-29-31-23(32)18-8-3-2-7-17(18)15-5-4-6-16(11-15)22-21-19(24(34)30-22)9-14(12-33)10-20(21)25(26,27)28/h2-13,22H,1H3,(H,30,34). The Morgan fingerprint density at radius 1 is 1.00 bits per heavy atom. The minimum absolute atomic E-state index is 0.146. The van der Waals surface area contributed by atoms with Crippen LogP contribution in [0.15, 0.2) is 67.0 Å². The molecule has 34 heavy (non-hydrogen) atoms. The molecule has 170 valence electrons. The van der Waals surface area contributed by atoms with Gasteiger partial charge in [-0.2, -0.15) is 13.2 Å². The molecule has 0 fully saturated rings. The Bertz CT molecular complexity index is 1440. The second kappa shape index (κ2) is 7.95. The van der Waals surface area contributed by atoms with Gasteiger partial charge in [0.25, 0.3) is 5.91 Å². The van der Waals surface area contributed by atoms with Crippen LogP contribution in [-0.4, -0.2) is 27.0 Å². The normalized spacial score (nSPS) is 15.2. The summed E-state index contributed by atoms with van der Waals surface area (Å²) in [4.78, 5) is 23.8. The molecule has 0 aliphatic carbocycles.